The molecule has 6 rings (SSSR count). The lowest BCUT2D eigenvalue weighted by Crippen LogP contribution is -2.57. The van der Waals surface area contributed by atoms with E-state index in [1.165, 1.54) is 49.8 Å². The van der Waals surface area contributed by atoms with E-state index in [-0.39, 0.29) is 16.9 Å². The molecule has 0 radical (unpaired) electrons. The minimum atomic E-state index is -0.359. The van der Waals surface area contributed by atoms with Crippen molar-refractivity contribution in [1.82, 2.24) is 0 Å². The summed E-state index contributed by atoms with van der Waals surface area (Å²) in [7, 11) is 0. The number of carbonyl (C=O) groups excluding carboxylic acids is 1. The van der Waals surface area contributed by atoms with Crippen LogP contribution in [0.15, 0.2) is 24.3 Å². The number of nitrogens with one attached hydrogen (secondary N) is 1. The Morgan fingerprint density at radius 2 is 1.61 bits per heavy atom. The van der Waals surface area contributed by atoms with Crippen LogP contribution in [-0.4, -0.2) is 11.8 Å². The number of Topliss-reactive ketones (excluding diaryl/α,β-unsaturated/α-hetero) is 1. The molecule has 1 aromatic rings. The molecule has 4 aliphatic carbocycles. The Morgan fingerprint density at radius 3 is 2.22 bits per heavy atom. The van der Waals surface area contributed by atoms with Crippen molar-refractivity contribution in [3.63, 3.8) is 0 Å². The van der Waals surface area contributed by atoms with Crippen molar-refractivity contribution in [2.24, 2.45) is 23.2 Å². The van der Waals surface area contributed by atoms with E-state index in [2.05, 4.69) is 43.4 Å². The number of ketones is 1. The van der Waals surface area contributed by atoms with Crippen LogP contribution in [0.5, 0.6) is 0 Å². The van der Waals surface area contributed by atoms with Crippen molar-refractivity contribution in [3.8, 4) is 0 Å². The second-order valence-electron chi connectivity index (χ2n) is 9.14. The third-order valence-electron chi connectivity index (χ3n) is 7.72. The third-order valence-corrected chi connectivity index (χ3v) is 7.72. The van der Waals surface area contributed by atoms with E-state index < -0.39 is 0 Å². The summed E-state index contributed by atoms with van der Waals surface area (Å²) in [6, 6.07) is 8.65. The van der Waals surface area contributed by atoms with E-state index in [0.29, 0.717) is 5.78 Å². The third kappa shape index (κ3) is 1.73. The van der Waals surface area contributed by atoms with E-state index in [1.54, 1.807) is 0 Å². The van der Waals surface area contributed by atoms with Crippen LogP contribution in [0.3, 0.4) is 0 Å². The van der Waals surface area contributed by atoms with Crippen LogP contribution in [0, 0.1) is 23.2 Å². The van der Waals surface area contributed by atoms with Crippen LogP contribution >= 0.6 is 0 Å². The Labute approximate surface area is 139 Å². The summed E-state index contributed by atoms with van der Waals surface area (Å²) in [5.74, 6) is 3.03. The molecule has 0 saturated heterocycles. The summed E-state index contributed by atoms with van der Waals surface area (Å²) in [4.78, 5) is 14.0. The topological polar surface area (TPSA) is 29.1 Å². The second-order valence-corrected chi connectivity index (χ2v) is 9.14. The highest BCUT2D eigenvalue weighted by Gasteiger charge is 2.60. The van der Waals surface area contributed by atoms with Crippen molar-refractivity contribution < 1.29 is 4.79 Å². The molecule has 0 spiro atoms. The number of hydrogen-bond acceptors (Lipinski definition) is 2. The normalized spacial score (nSPS) is 46.5. The van der Waals surface area contributed by atoms with Crippen LogP contribution in [0.25, 0.3) is 0 Å². The molecule has 4 fully saturated rings. The number of anilines is 1. The highest BCUT2D eigenvalue weighted by Crippen LogP contribution is 2.62. The molecule has 1 heterocycles. The van der Waals surface area contributed by atoms with Gasteiger partial charge in [0, 0.05) is 17.1 Å². The summed E-state index contributed by atoms with van der Waals surface area (Å²) in [6.07, 6.45) is 7.70. The molecule has 2 atom stereocenters. The van der Waals surface area contributed by atoms with Crippen LogP contribution < -0.4 is 5.32 Å². The van der Waals surface area contributed by atoms with Gasteiger partial charge >= 0.3 is 0 Å². The Bertz CT molecular complexity index is 643. The van der Waals surface area contributed by atoms with Crippen LogP contribution in [0.4, 0.5) is 5.69 Å². The van der Waals surface area contributed by atoms with Gasteiger partial charge < -0.3 is 5.32 Å². The second kappa shape index (κ2) is 4.40. The van der Waals surface area contributed by atoms with Crippen molar-refractivity contribution in [2.75, 3.05) is 5.32 Å². The van der Waals surface area contributed by atoms with Crippen LogP contribution in [0.1, 0.15) is 57.9 Å². The fourth-order valence-electron chi connectivity index (χ4n) is 6.93. The molecule has 1 aliphatic heterocycles. The molecule has 2 heteroatoms. The van der Waals surface area contributed by atoms with Gasteiger partial charge in [-0.1, -0.05) is 18.2 Å². The summed E-state index contributed by atoms with van der Waals surface area (Å²) in [5.41, 5.74) is 2.02. The molecule has 0 aromatic heterocycles. The summed E-state index contributed by atoms with van der Waals surface area (Å²) in [6.45, 7) is 4.40. The summed E-state index contributed by atoms with van der Waals surface area (Å²) >= 11 is 0. The highest BCUT2D eigenvalue weighted by atomic mass is 16.1. The number of rotatable bonds is 2. The Morgan fingerprint density at radius 1 is 1.04 bits per heavy atom. The van der Waals surface area contributed by atoms with Gasteiger partial charge in [-0.2, -0.15) is 0 Å². The van der Waals surface area contributed by atoms with Gasteiger partial charge in [-0.3, -0.25) is 4.79 Å². The van der Waals surface area contributed by atoms with Gasteiger partial charge in [-0.15, -0.1) is 0 Å². The van der Waals surface area contributed by atoms with Crippen LogP contribution in [0.2, 0.25) is 0 Å². The Hall–Kier alpha value is -1.31. The maximum atomic E-state index is 14.0. The molecule has 23 heavy (non-hydrogen) atoms. The zero-order chi connectivity index (χ0) is 15.8. The van der Waals surface area contributed by atoms with Crippen molar-refractivity contribution in [2.45, 2.75) is 63.8 Å². The van der Waals surface area contributed by atoms with Crippen molar-refractivity contribution in [1.29, 1.82) is 0 Å². The van der Waals surface area contributed by atoms with Crippen LogP contribution in [-0.2, 0) is 10.2 Å². The van der Waals surface area contributed by atoms with Gasteiger partial charge in [0.25, 0.3) is 0 Å². The monoisotopic (exact) mass is 309 g/mol. The largest absolute Gasteiger partial charge is 0.381 e. The van der Waals surface area contributed by atoms with Gasteiger partial charge in [0.2, 0.25) is 0 Å². The number of carbonyl (C=O) groups is 1. The van der Waals surface area contributed by atoms with Crippen molar-refractivity contribution in [3.05, 3.63) is 29.8 Å². The molecular weight excluding hydrogens is 282 g/mol. The minimum Gasteiger partial charge on any atom is -0.381 e. The zero-order valence-corrected chi connectivity index (χ0v) is 14.3. The number of benzene rings is 1. The van der Waals surface area contributed by atoms with Crippen molar-refractivity contribution >= 4 is 11.5 Å². The number of hydrogen-bond donors (Lipinski definition) is 1. The molecule has 4 bridgehead atoms. The number of para-hydroxylation sites is 1. The molecule has 0 amide bonds. The molecule has 1 aromatic carbocycles. The molecule has 1 N–H and O–H groups in total. The molecule has 2 unspecified atom stereocenters. The first-order valence-corrected chi connectivity index (χ1v) is 9.42. The first-order chi connectivity index (χ1) is 11.0. The van der Waals surface area contributed by atoms with E-state index >= 15 is 0 Å². The SMILES string of the molecule is CC1Nc2ccccc2C1(C)C(=O)C12CC3CC(CC(C3)C1)C2. The number of fused-ring (bicyclic) bond motifs is 1. The lowest BCUT2D eigenvalue weighted by Gasteiger charge is -2.57. The van der Waals surface area contributed by atoms with Gasteiger partial charge in [0.15, 0.2) is 5.78 Å². The lowest BCUT2D eigenvalue weighted by molar-refractivity contribution is -0.149. The van der Waals surface area contributed by atoms with E-state index in [4.69, 9.17) is 0 Å². The average molecular weight is 309 g/mol. The molecule has 5 aliphatic rings. The van der Waals surface area contributed by atoms with E-state index in [1.807, 2.05) is 0 Å². The molecule has 122 valence electrons. The molecule has 2 nitrogen and oxygen atoms in total. The van der Waals surface area contributed by atoms with Gasteiger partial charge in [0.1, 0.15) is 0 Å². The smallest absolute Gasteiger partial charge is 0.151 e. The van der Waals surface area contributed by atoms with E-state index in [0.717, 1.165) is 17.8 Å². The van der Waals surface area contributed by atoms with Gasteiger partial charge in [0.05, 0.1) is 5.41 Å². The Balaban J connectivity index is 1.58. The molecule has 4 saturated carbocycles. The fourth-order valence-corrected chi connectivity index (χ4v) is 6.93. The zero-order valence-electron chi connectivity index (χ0n) is 14.3. The van der Waals surface area contributed by atoms with Gasteiger partial charge in [-0.25, -0.2) is 0 Å². The highest BCUT2D eigenvalue weighted by molar-refractivity contribution is 5.99. The quantitative estimate of drug-likeness (QED) is 0.868. The molecular formula is C21H27NO. The first kappa shape index (κ1) is 14.1. The minimum absolute atomic E-state index is 0.0170. The maximum absolute atomic E-state index is 14.0. The predicted molar refractivity (Wildman–Crippen MR) is 92.5 cm³/mol. The van der Waals surface area contributed by atoms with E-state index in [9.17, 15) is 4.79 Å². The Kier molecular flexibility index (Phi) is 2.69. The maximum Gasteiger partial charge on any atom is 0.151 e. The standard InChI is InChI=1S/C21H27NO/c1-13-20(2,17-5-3-4-6-18(17)22-13)19(23)21-10-14-7-15(11-21)9-16(8-14)12-21/h3-6,13-16,22H,7-12H2,1-2H3. The summed E-state index contributed by atoms with van der Waals surface area (Å²) < 4.78 is 0. The first-order valence-electron chi connectivity index (χ1n) is 9.42. The fraction of sp³-hybridized carbons (Fsp3) is 0.667. The van der Waals surface area contributed by atoms with Gasteiger partial charge in [-0.05, 0) is 81.8 Å². The average Bonchev–Trinajstić information content (AvgIpc) is 2.78. The summed E-state index contributed by atoms with van der Waals surface area (Å²) in [5, 5.41) is 3.58. The predicted octanol–water partition coefficient (Wildman–Crippen LogP) is 4.54. The lowest BCUT2D eigenvalue weighted by atomic mass is 9.46.